The number of amides is 1. The van der Waals surface area contributed by atoms with Gasteiger partial charge in [0.15, 0.2) is 0 Å². The molecule has 124 valence electrons. The first-order chi connectivity index (χ1) is 10.1. The third-order valence-electron chi connectivity index (χ3n) is 3.65. The Balaban J connectivity index is 0.00000242. The highest BCUT2D eigenvalue weighted by atomic mass is 35.5. The van der Waals surface area contributed by atoms with Crippen LogP contribution in [0.15, 0.2) is 24.3 Å². The number of halogens is 1. The zero-order valence-corrected chi connectivity index (χ0v) is 14.3. The molecule has 22 heavy (non-hydrogen) atoms. The van der Waals surface area contributed by atoms with E-state index >= 15 is 0 Å². The van der Waals surface area contributed by atoms with Crippen LogP contribution in [0.3, 0.4) is 0 Å². The molecule has 0 aliphatic carbocycles. The quantitative estimate of drug-likeness (QED) is 0.862. The molecule has 1 amide bonds. The lowest BCUT2D eigenvalue weighted by Crippen LogP contribution is -2.50. The summed E-state index contributed by atoms with van der Waals surface area (Å²) in [6.45, 7) is 6.97. The molecule has 1 atom stereocenters. The van der Waals surface area contributed by atoms with Crippen LogP contribution < -0.4 is 15.4 Å². The van der Waals surface area contributed by atoms with Crippen LogP contribution in [0.1, 0.15) is 25.5 Å². The van der Waals surface area contributed by atoms with Crippen molar-refractivity contribution in [3.05, 3.63) is 29.8 Å². The van der Waals surface area contributed by atoms with Crippen molar-refractivity contribution in [1.29, 1.82) is 0 Å². The summed E-state index contributed by atoms with van der Waals surface area (Å²) >= 11 is 0. The van der Waals surface area contributed by atoms with Gasteiger partial charge in [-0.2, -0.15) is 0 Å². The fourth-order valence-electron chi connectivity index (χ4n) is 2.74. The van der Waals surface area contributed by atoms with E-state index in [1.165, 1.54) is 0 Å². The van der Waals surface area contributed by atoms with Crippen molar-refractivity contribution in [3.63, 3.8) is 0 Å². The second-order valence-corrected chi connectivity index (χ2v) is 5.65. The van der Waals surface area contributed by atoms with E-state index < -0.39 is 0 Å². The summed E-state index contributed by atoms with van der Waals surface area (Å²) in [5.41, 5.74) is 1.13. The molecule has 5 nitrogen and oxygen atoms in total. The number of methoxy groups -OCH3 is 1. The van der Waals surface area contributed by atoms with Gasteiger partial charge in [-0.15, -0.1) is 12.4 Å². The van der Waals surface area contributed by atoms with E-state index in [1.54, 1.807) is 7.11 Å². The van der Waals surface area contributed by atoms with Crippen LogP contribution in [0.5, 0.6) is 5.75 Å². The summed E-state index contributed by atoms with van der Waals surface area (Å²) in [7, 11) is 1.69. The molecule has 1 heterocycles. The Labute approximate surface area is 138 Å². The normalized spacial score (nSPS) is 18.6. The number of nitrogens with one attached hydrogen (secondary N) is 2. The second kappa shape index (κ2) is 8.98. The number of rotatable bonds is 5. The van der Waals surface area contributed by atoms with Gasteiger partial charge in [-0.25, -0.2) is 0 Å². The van der Waals surface area contributed by atoms with Crippen molar-refractivity contribution in [3.8, 4) is 5.75 Å². The largest absolute Gasteiger partial charge is 0.496 e. The van der Waals surface area contributed by atoms with E-state index in [9.17, 15) is 4.79 Å². The van der Waals surface area contributed by atoms with Gasteiger partial charge in [0.25, 0.3) is 0 Å². The second-order valence-electron chi connectivity index (χ2n) is 5.65. The Morgan fingerprint density at radius 3 is 2.86 bits per heavy atom. The fourth-order valence-corrected chi connectivity index (χ4v) is 2.74. The maximum absolute atomic E-state index is 12.0. The third-order valence-corrected chi connectivity index (χ3v) is 3.65. The summed E-state index contributed by atoms with van der Waals surface area (Å²) < 4.78 is 5.46. The van der Waals surface area contributed by atoms with Crippen molar-refractivity contribution >= 4 is 18.3 Å². The Morgan fingerprint density at radius 2 is 2.18 bits per heavy atom. The molecular formula is C16H26ClN3O2. The first-order valence-corrected chi connectivity index (χ1v) is 7.49. The maximum atomic E-state index is 12.0. The standard InChI is InChI=1S/C16H25N3O2.ClH/c1-12(2)18-16(20)11-19-9-8-17-10-14(19)13-6-4-5-7-15(13)21-3;/h4-7,12,14,17H,8-11H2,1-3H3,(H,18,20);1H. The first-order valence-electron chi connectivity index (χ1n) is 7.49. The Hall–Kier alpha value is -1.30. The number of hydrogen-bond donors (Lipinski definition) is 2. The number of hydrogen-bond acceptors (Lipinski definition) is 4. The lowest BCUT2D eigenvalue weighted by Gasteiger charge is -2.36. The molecule has 1 aliphatic heterocycles. The molecule has 0 radical (unpaired) electrons. The lowest BCUT2D eigenvalue weighted by atomic mass is 10.0. The summed E-state index contributed by atoms with van der Waals surface area (Å²) in [6, 6.07) is 8.35. The van der Waals surface area contributed by atoms with Crippen LogP contribution in [0, 0.1) is 0 Å². The van der Waals surface area contributed by atoms with E-state index in [1.807, 2.05) is 32.0 Å². The predicted molar refractivity (Wildman–Crippen MR) is 90.7 cm³/mol. The Kier molecular flexibility index (Phi) is 7.65. The van der Waals surface area contributed by atoms with Crippen molar-refractivity contribution in [2.24, 2.45) is 0 Å². The number of piperazine rings is 1. The topological polar surface area (TPSA) is 53.6 Å². The van der Waals surface area contributed by atoms with E-state index in [-0.39, 0.29) is 30.4 Å². The summed E-state index contributed by atoms with van der Waals surface area (Å²) in [6.07, 6.45) is 0. The van der Waals surface area contributed by atoms with Gasteiger partial charge in [0, 0.05) is 31.2 Å². The van der Waals surface area contributed by atoms with Crippen molar-refractivity contribution in [1.82, 2.24) is 15.5 Å². The fraction of sp³-hybridized carbons (Fsp3) is 0.562. The zero-order valence-electron chi connectivity index (χ0n) is 13.5. The van der Waals surface area contributed by atoms with Crippen LogP contribution in [-0.2, 0) is 4.79 Å². The van der Waals surface area contributed by atoms with Crippen LogP contribution in [-0.4, -0.2) is 50.1 Å². The van der Waals surface area contributed by atoms with E-state index in [2.05, 4.69) is 21.6 Å². The highest BCUT2D eigenvalue weighted by molar-refractivity contribution is 5.85. The Bertz CT molecular complexity index is 482. The monoisotopic (exact) mass is 327 g/mol. The van der Waals surface area contributed by atoms with Crippen LogP contribution in [0.2, 0.25) is 0 Å². The molecule has 0 aromatic heterocycles. The number of benzene rings is 1. The maximum Gasteiger partial charge on any atom is 0.234 e. The van der Waals surface area contributed by atoms with Crippen LogP contribution in [0.25, 0.3) is 0 Å². The molecule has 1 aromatic carbocycles. The molecule has 2 N–H and O–H groups in total. The molecular weight excluding hydrogens is 302 g/mol. The van der Waals surface area contributed by atoms with E-state index in [0.29, 0.717) is 6.54 Å². The Morgan fingerprint density at radius 1 is 1.45 bits per heavy atom. The molecule has 1 fully saturated rings. The third kappa shape index (κ3) is 4.87. The molecule has 0 spiro atoms. The average Bonchev–Trinajstić information content (AvgIpc) is 2.47. The molecule has 1 saturated heterocycles. The molecule has 6 heteroatoms. The van der Waals surface area contributed by atoms with Crippen molar-refractivity contribution in [2.45, 2.75) is 25.9 Å². The van der Waals surface area contributed by atoms with Crippen molar-refractivity contribution in [2.75, 3.05) is 33.3 Å². The molecule has 1 aliphatic rings. The molecule has 0 saturated carbocycles. The SMILES string of the molecule is COc1ccccc1C1CNCCN1CC(=O)NC(C)C.Cl. The minimum absolute atomic E-state index is 0. The molecule has 1 aromatic rings. The number of carbonyl (C=O) groups excluding carboxylic acids is 1. The van der Waals surface area contributed by atoms with Gasteiger partial charge in [0.05, 0.1) is 19.7 Å². The molecule has 2 rings (SSSR count). The highest BCUT2D eigenvalue weighted by Gasteiger charge is 2.27. The molecule has 1 unspecified atom stereocenters. The van der Waals surface area contributed by atoms with Gasteiger partial charge in [-0.1, -0.05) is 18.2 Å². The highest BCUT2D eigenvalue weighted by Crippen LogP contribution is 2.29. The minimum Gasteiger partial charge on any atom is -0.496 e. The summed E-state index contributed by atoms with van der Waals surface area (Å²) in [5.74, 6) is 0.951. The number of para-hydroxylation sites is 1. The first kappa shape index (κ1) is 18.7. The van der Waals surface area contributed by atoms with Gasteiger partial charge in [-0.05, 0) is 19.9 Å². The van der Waals surface area contributed by atoms with Gasteiger partial charge in [0.2, 0.25) is 5.91 Å². The average molecular weight is 328 g/mol. The van der Waals surface area contributed by atoms with Gasteiger partial charge in [-0.3, -0.25) is 9.69 Å². The van der Waals surface area contributed by atoms with Crippen LogP contribution >= 0.6 is 12.4 Å². The van der Waals surface area contributed by atoms with Gasteiger partial charge < -0.3 is 15.4 Å². The van der Waals surface area contributed by atoms with E-state index in [4.69, 9.17) is 4.74 Å². The smallest absolute Gasteiger partial charge is 0.234 e. The van der Waals surface area contributed by atoms with Crippen molar-refractivity contribution < 1.29 is 9.53 Å². The number of nitrogens with zero attached hydrogens (tertiary/aromatic N) is 1. The van der Waals surface area contributed by atoms with Gasteiger partial charge >= 0.3 is 0 Å². The summed E-state index contributed by atoms with van der Waals surface area (Å²) in [4.78, 5) is 14.3. The van der Waals surface area contributed by atoms with E-state index in [0.717, 1.165) is 30.9 Å². The predicted octanol–water partition coefficient (Wildman–Crippen LogP) is 1.59. The number of carbonyl (C=O) groups is 1. The zero-order chi connectivity index (χ0) is 15.2. The van der Waals surface area contributed by atoms with Crippen LogP contribution in [0.4, 0.5) is 0 Å². The van der Waals surface area contributed by atoms with Gasteiger partial charge in [0.1, 0.15) is 5.75 Å². The lowest BCUT2D eigenvalue weighted by molar-refractivity contribution is -0.123. The minimum atomic E-state index is 0. The summed E-state index contributed by atoms with van der Waals surface area (Å²) in [5, 5.41) is 6.36. The molecule has 0 bridgehead atoms. The number of ether oxygens (including phenoxy) is 1.